The Morgan fingerprint density at radius 2 is 1.93 bits per heavy atom. The number of aromatic amines is 1. The molecule has 0 spiro atoms. The fraction of sp³-hybridized carbons (Fsp3) is 0.421. The summed E-state index contributed by atoms with van der Waals surface area (Å²) in [5, 5.41) is 9.60. The van der Waals surface area contributed by atoms with Crippen molar-refractivity contribution in [3.05, 3.63) is 41.2 Å². The van der Waals surface area contributed by atoms with Gasteiger partial charge in [-0.05, 0) is 44.9 Å². The van der Waals surface area contributed by atoms with Crippen LogP contribution in [0.25, 0.3) is 0 Å². The van der Waals surface area contributed by atoms with E-state index in [2.05, 4.69) is 15.5 Å². The van der Waals surface area contributed by atoms with Crippen LogP contribution in [0.1, 0.15) is 41.5 Å². The fourth-order valence-corrected chi connectivity index (χ4v) is 5.23. The minimum Gasteiger partial charge on any atom is -0.427 e. The molecule has 0 atom stereocenters. The first-order valence-corrected chi connectivity index (χ1v) is 10.7. The number of ether oxygens (including phenoxy) is 1. The summed E-state index contributed by atoms with van der Waals surface area (Å²) >= 11 is 0. The smallest absolute Gasteiger partial charge is 0.308 e. The highest BCUT2D eigenvalue weighted by atomic mass is 32.2. The number of esters is 1. The van der Waals surface area contributed by atoms with Gasteiger partial charge in [-0.2, -0.15) is 9.40 Å². The highest BCUT2D eigenvalue weighted by Crippen LogP contribution is 2.25. The third-order valence-corrected chi connectivity index (χ3v) is 6.97. The van der Waals surface area contributed by atoms with E-state index in [1.165, 1.54) is 17.3 Å². The van der Waals surface area contributed by atoms with Crippen LogP contribution in [0.15, 0.2) is 29.2 Å². The normalized spacial score (nSPS) is 15.8. The van der Waals surface area contributed by atoms with E-state index >= 15 is 0 Å². The molecule has 1 aliphatic rings. The molecule has 1 aliphatic heterocycles. The van der Waals surface area contributed by atoms with Gasteiger partial charge in [0.1, 0.15) is 10.6 Å². The molecule has 9 nitrogen and oxygen atoms in total. The first-order valence-electron chi connectivity index (χ1n) is 9.29. The molecule has 1 aromatic carbocycles. The number of carbonyl (C=O) groups is 2. The maximum Gasteiger partial charge on any atom is 0.308 e. The van der Waals surface area contributed by atoms with E-state index in [0.29, 0.717) is 48.6 Å². The lowest BCUT2D eigenvalue weighted by atomic mass is 10.1. The Morgan fingerprint density at radius 3 is 2.52 bits per heavy atom. The van der Waals surface area contributed by atoms with Gasteiger partial charge >= 0.3 is 5.97 Å². The monoisotopic (exact) mass is 420 g/mol. The topological polar surface area (TPSA) is 121 Å². The zero-order valence-electron chi connectivity index (χ0n) is 16.6. The van der Waals surface area contributed by atoms with Crippen LogP contribution in [-0.4, -0.2) is 53.9 Å². The van der Waals surface area contributed by atoms with Crippen LogP contribution in [0.5, 0.6) is 5.75 Å². The average Bonchev–Trinajstić information content (AvgIpc) is 3.01. The number of hydrogen-bond acceptors (Lipinski definition) is 6. The van der Waals surface area contributed by atoms with Crippen molar-refractivity contribution >= 4 is 21.9 Å². The molecule has 2 N–H and O–H groups in total. The molecule has 0 radical (unpaired) electrons. The Morgan fingerprint density at radius 1 is 1.24 bits per heavy atom. The van der Waals surface area contributed by atoms with E-state index in [1.807, 2.05) is 0 Å². The van der Waals surface area contributed by atoms with Crippen molar-refractivity contribution in [2.75, 3.05) is 13.1 Å². The van der Waals surface area contributed by atoms with Crippen molar-refractivity contribution in [3.63, 3.8) is 0 Å². The molecular weight excluding hydrogens is 396 g/mol. The Bertz CT molecular complexity index is 1000. The molecule has 0 unspecified atom stereocenters. The molecule has 1 fully saturated rings. The number of aryl methyl sites for hydroxylation is 2. The number of piperidine rings is 1. The maximum absolute atomic E-state index is 12.9. The fourth-order valence-electron chi connectivity index (χ4n) is 3.43. The summed E-state index contributed by atoms with van der Waals surface area (Å²) in [6.07, 6.45) is 1.01. The molecule has 1 amide bonds. The summed E-state index contributed by atoms with van der Waals surface area (Å²) in [6.45, 7) is 5.26. The molecular formula is C19H24N4O5S. The van der Waals surface area contributed by atoms with E-state index in [-0.39, 0.29) is 16.8 Å². The van der Waals surface area contributed by atoms with E-state index in [0.717, 1.165) is 0 Å². The second-order valence-electron chi connectivity index (χ2n) is 7.04. The number of nitrogens with zero attached hydrogens (tertiary/aromatic N) is 2. The molecule has 1 aromatic heterocycles. The zero-order valence-corrected chi connectivity index (χ0v) is 17.4. The quantitative estimate of drug-likeness (QED) is 0.559. The number of H-pyrrole nitrogens is 1. The summed E-state index contributed by atoms with van der Waals surface area (Å²) in [5.74, 6) is -0.446. The molecule has 3 rings (SSSR count). The summed E-state index contributed by atoms with van der Waals surface area (Å²) in [4.78, 5) is 23.8. The minimum atomic E-state index is -3.62. The predicted molar refractivity (Wildman–Crippen MR) is 105 cm³/mol. The van der Waals surface area contributed by atoms with E-state index in [4.69, 9.17) is 4.74 Å². The van der Waals surface area contributed by atoms with Crippen LogP contribution in [0, 0.1) is 13.8 Å². The van der Waals surface area contributed by atoms with Gasteiger partial charge in [0.05, 0.1) is 11.4 Å². The summed E-state index contributed by atoms with van der Waals surface area (Å²) in [5.41, 5.74) is 1.35. The molecule has 0 saturated carbocycles. The molecule has 2 heterocycles. The van der Waals surface area contributed by atoms with Crippen LogP contribution >= 0.6 is 0 Å². The van der Waals surface area contributed by atoms with Gasteiger partial charge in [0.15, 0.2) is 0 Å². The standard InChI is InChI=1S/C19H24N4O5S/c1-12-18(13(2)22-21-12)29(26,27)23-9-7-16(8-10-23)20-19(25)15-5-4-6-17(11-15)28-14(3)24/h4-6,11,16H,7-10H2,1-3H3,(H,20,25)(H,21,22). The number of sulfonamides is 1. The zero-order chi connectivity index (χ0) is 21.2. The van der Waals surface area contributed by atoms with Crippen molar-refractivity contribution in [2.45, 2.75) is 44.6 Å². The average molecular weight is 420 g/mol. The van der Waals surface area contributed by atoms with E-state index in [1.54, 1.807) is 32.0 Å². The highest BCUT2D eigenvalue weighted by Gasteiger charge is 2.33. The number of amides is 1. The van der Waals surface area contributed by atoms with Crippen molar-refractivity contribution in [3.8, 4) is 5.75 Å². The van der Waals surface area contributed by atoms with Crippen LogP contribution in [0.2, 0.25) is 0 Å². The Kier molecular flexibility index (Phi) is 6.04. The number of hydrogen-bond donors (Lipinski definition) is 2. The van der Waals surface area contributed by atoms with Gasteiger partial charge in [0.2, 0.25) is 10.0 Å². The van der Waals surface area contributed by atoms with Gasteiger partial charge in [0.25, 0.3) is 5.91 Å². The summed E-state index contributed by atoms with van der Waals surface area (Å²) < 4.78 is 32.2. The van der Waals surface area contributed by atoms with Crippen molar-refractivity contribution in [2.24, 2.45) is 0 Å². The first kappa shape index (κ1) is 21.0. The second-order valence-corrected chi connectivity index (χ2v) is 8.91. The van der Waals surface area contributed by atoms with Crippen LogP contribution in [0.3, 0.4) is 0 Å². The van der Waals surface area contributed by atoms with Crippen molar-refractivity contribution < 1.29 is 22.7 Å². The first-order chi connectivity index (χ1) is 13.7. The lowest BCUT2D eigenvalue weighted by molar-refractivity contribution is -0.131. The molecule has 1 saturated heterocycles. The number of benzene rings is 1. The maximum atomic E-state index is 12.9. The van der Waals surface area contributed by atoms with Gasteiger partial charge in [0, 0.05) is 31.6 Å². The Balaban J connectivity index is 1.61. The molecule has 0 bridgehead atoms. The second kappa shape index (κ2) is 8.34. The van der Waals surface area contributed by atoms with Crippen LogP contribution in [-0.2, 0) is 14.8 Å². The van der Waals surface area contributed by atoms with Crippen LogP contribution < -0.4 is 10.1 Å². The van der Waals surface area contributed by atoms with Gasteiger partial charge in [-0.25, -0.2) is 8.42 Å². The number of carbonyl (C=O) groups excluding carboxylic acids is 2. The molecule has 2 aromatic rings. The highest BCUT2D eigenvalue weighted by molar-refractivity contribution is 7.89. The third-order valence-electron chi connectivity index (χ3n) is 4.81. The lowest BCUT2D eigenvalue weighted by Gasteiger charge is -2.31. The SMILES string of the molecule is CC(=O)Oc1cccc(C(=O)NC2CCN(S(=O)(=O)c3c(C)n[nH]c3C)CC2)c1. The van der Waals surface area contributed by atoms with Crippen molar-refractivity contribution in [1.82, 2.24) is 19.8 Å². The number of aromatic nitrogens is 2. The van der Waals surface area contributed by atoms with Gasteiger partial charge in [-0.1, -0.05) is 6.07 Å². The van der Waals surface area contributed by atoms with Gasteiger partial charge in [-0.15, -0.1) is 0 Å². The van der Waals surface area contributed by atoms with Crippen molar-refractivity contribution in [1.29, 1.82) is 0 Å². The molecule has 156 valence electrons. The molecule has 29 heavy (non-hydrogen) atoms. The Labute approximate surface area is 169 Å². The summed E-state index contributed by atoms with van der Waals surface area (Å²) in [6, 6.07) is 6.23. The Hall–Kier alpha value is -2.72. The van der Waals surface area contributed by atoms with E-state index in [9.17, 15) is 18.0 Å². The lowest BCUT2D eigenvalue weighted by Crippen LogP contribution is -2.46. The summed E-state index contributed by atoms with van der Waals surface area (Å²) in [7, 11) is -3.62. The molecule has 0 aliphatic carbocycles. The predicted octanol–water partition coefficient (Wildman–Crippen LogP) is 1.53. The largest absolute Gasteiger partial charge is 0.427 e. The van der Waals surface area contributed by atoms with Crippen LogP contribution in [0.4, 0.5) is 0 Å². The third kappa shape index (κ3) is 4.65. The van der Waals surface area contributed by atoms with E-state index < -0.39 is 16.0 Å². The number of nitrogens with one attached hydrogen (secondary N) is 2. The van der Waals surface area contributed by atoms with Gasteiger partial charge in [-0.3, -0.25) is 14.7 Å². The van der Waals surface area contributed by atoms with Gasteiger partial charge < -0.3 is 10.1 Å². The minimum absolute atomic E-state index is 0.141. The molecule has 10 heteroatoms. The number of rotatable bonds is 5.